The van der Waals surface area contributed by atoms with Crippen molar-refractivity contribution < 1.29 is 4.42 Å². The van der Waals surface area contributed by atoms with Crippen LogP contribution in [0.25, 0.3) is 0 Å². The van der Waals surface area contributed by atoms with E-state index in [9.17, 15) is 0 Å². The van der Waals surface area contributed by atoms with Gasteiger partial charge in [-0.3, -0.25) is 9.88 Å². The fraction of sp³-hybridized carbons (Fsp3) is 0.400. The first-order valence-electron chi connectivity index (χ1n) is 6.35. The van der Waals surface area contributed by atoms with Crippen LogP contribution in [0.2, 0.25) is 0 Å². The SMILES string of the molecule is CCc1ccc(CN(C)Cc2ccnc(C)c2)o1. The van der Waals surface area contributed by atoms with Gasteiger partial charge < -0.3 is 4.42 Å². The summed E-state index contributed by atoms with van der Waals surface area (Å²) in [5, 5.41) is 0. The standard InChI is InChI=1S/C15H20N2O/c1-4-14-5-6-15(18-14)11-17(3)10-13-7-8-16-12(2)9-13/h5-9H,4,10-11H2,1-3H3. The smallest absolute Gasteiger partial charge is 0.118 e. The summed E-state index contributed by atoms with van der Waals surface area (Å²) in [5.41, 5.74) is 2.35. The summed E-state index contributed by atoms with van der Waals surface area (Å²) >= 11 is 0. The second kappa shape index (κ2) is 5.83. The Morgan fingerprint density at radius 3 is 2.61 bits per heavy atom. The molecule has 0 N–H and O–H groups in total. The molecular formula is C15H20N2O. The van der Waals surface area contributed by atoms with Crippen molar-refractivity contribution in [2.24, 2.45) is 0 Å². The van der Waals surface area contributed by atoms with E-state index in [1.54, 1.807) is 0 Å². The molecule has 0 fully saturated rings. The van der Waals surface area contributed by atoms with Gasteiger partial charge in [-0.15, -0.1) is 0 Å². The van der Waals surface area contributed by atoms with Gasteiger partial charge in [0.05, 0.1) is 6.54 Å². The molecule has 96 valence electrons. The molecule has 0 radical (unpaired) electrons. The van der Waals surface area contributed by atoms with Crippen molar-refractivity contribution in [3.63, 3.8) is 0 Å². The fourth-order valence-electron chi connectivity index (χ4n) is 2.03. The Morgan fingerprint density at radius 1 is 1.17 bits per heavy atom. The van der Waals surface area contributed by atoms with Gasteiger partial charge in [0.1, 0.15) is 11.5 Å². The van der Waals surface area contributed by atoms with Crippen LogP contribution in [-0.2, 0) is 19.5 Å². The number of nitrogens with zero attached hydrogens (tertiary/aromatic N) is 2. The van der Waals surface area contributed by atoms with E-state index in [0.717, 1.165) is 36.7 Å². The molecule has 0 amide bonds. The van der Waals surface area contributed by atoms with Crippen LogP contribution < -0.4 is 0 Å². The van der Waals surface area contributed by atoms with Crippen molar-refractivity contribution in [1.82, 2.24) is 9.88 Å². The number of furan rings is 1. The second-order valence-corrected chi connectivity index (χ2v) is 4.70. The molecule has 0 saturated carbocycles. The highest BCUT2D eigenvalue weighted by Crippen LogP contribution is 2.12. The Hall–Kier alpha value is -1.61. The van der Waals surface area contributed by atoms with E-state index in [0.29, 0.717) is 0 Å². The number of aryl methyl sites for hydroxylation is 2. The first-order chi connectivity index (χ1) is 8.67. The Kier molecular flexibility index (Phi) is 4.15. The number of aromatic nitrogens is 1. The predicted octanol–water partition coefficient (Wildman–Crippen LogP) is 3.18. The first kappa shape index (κ1) is 12.8. The van der Waals surface area contributed by atoms with Gasteiger partial charge in [0.25, 0.3) is 0 Å². The lowest BCUT2D eigenvalue weighted by Crippen LogP contribution is -2.16. The Morgan fingerprint density at radius 2 is 1.94 bits per heavy atom. The van der Waals surface area contributed by atoms with Gasteiger partial charge in [0.15, 0.2) is 0 Å². The van der Waals surface area contributed by atoms with Crippen LogP contribution in [0.15, 0.2) is 34.9 Å². The quantitative estimate of drug-likeness (QED) is 0.809. The van der Waals surface area contributed by atoms with E-state index >= 15 is 0 Å². The van der Waals surface area contributed by atoms with Crippen molar-refractivity contribution in [3.8, 4) is 0 Å². The third-order valence-corrected chi connectivity index (χ3v) is 2.91. The summed E-state index contributed by atoms with van der Waals surface area (Å²) in [6.45, 7) is 5.86. The highest BCUT2D eigenvalue weighted by molar-refractivity contribution is 5.15. The Bertz CT molecular complexity index is 505. The molecule has 2 heterocycles. The number of hydrogen-bond acceptors (Lipinski definition) is 3. The zero-order valence-electron chi connectivity index (χ0n) is 11.3. The van der Waals surface area contributed by atoms with Crippen LogP contribution in [-0.4, -0.2) is 16.9 Å². The van der Waals surface area contributed by atoms with E-state index < -0.39 is 0 Å². The molecule has 0 saturated heterocycles. The summed E-state index contributed by atoms with van der Waals surface area (Å²) in [7, 11) is 2.10. The summed E-state index contributed by atoms with van der Waals surface area (Å²) in [6, 6.07) is 8.30. The maximum atomic E-state index is 5.71. The number of pyridine rings is 1. The molecule has 3 heteroatoms. The molecule has 0 aliphatic heterocycles. The second-order valence-electron chi connectivity index (χ2n) is 4.70. The van der Waals surface area contributed by atoms with Crippen molar-refractivity contribution in [2.45, 2.75) is 33.4 Å². The highest BCUT2D eigenvalue weighted by atomic mass is 16.3. The van der Waals surface area contributed by atoms with Crippen LogP contribution in [0.1, 0.15) is 29.7 Å². The molecule has 0 spiro atoms. The number of hydrogen-bond donors (Lipinski definition) is 0. The van der Waals surface area contributed by atoms with Gasteiger partial charge in [-0.2, -0.15) is 0 Å². The maximum Gasteiger partial charge on any atom is 0.118 e. The van der Waals surface area contributed by atoms with Crippen LogP contribution >= 0.6 is 0 Å². The Balaban J connectivity index is 1.94. The van der Waals surface area contributed by atoms with Gasteiger partial charge in [0, 0.05) is 24.9 Å². The average molecular weight is 244 g/mol. The minimum atomic E-state index is 0.835. The van der Waals surface area contributed by atoms with Gasteiger partial charge in [-0.05, 0) is 43.8 Å². The lowest BCUT2D eigenvalue weighted by atomic mass is 10.2. The van der Waals surface area contributed by atoms with E-state index in [2.05, 4.69) is 48.1 Å². The van der Waals surface area contributed by atoms with Crippen LogP contribution in [0.5, 0.6) is 0 Å². The van der Waals surface area contributed by atoms with Gasteiger partial charge in [0.2, 0.25) is 0 Å². The molecule has 0 aromatic carbocycles. The van der Waals surface area contributed by atoms with E-state index in [4.69, 9.17) is 4.42 Å². The van der Waals surface area contributed by atoms with Crippen molar-refractivity contribution >= 4 is 0 Å². The first-order valence-corrected chi connectivity index (χ1v) is 6.35. The third kappa shape index (κ3) is 3.44. The van der Waals surface area contributed by atoms with Gasteiger partial charge >= 0.3 is 0 Å². The fourth-order valence-corrected chi connectivity index (χ4v) is 2.03. The van der Waals surface area contributed by atoms with Crippen molar-refractivity contribution in [3.05, 3.63) is 53.2 Å². The molecular weight excluding hydrogens is 224 g/mol. The minimum Gasteiger partial charge on any atom is -0.465 e. The molecule has 0 aliphatic carbocycles. The summed E-state index contributed by atoms with van der Waals surface area (Å²) < 4.78 is 5.71. The Labute approximate surface area is 108 Å². The van der Waals surface area contributed by atoms with Gasteiger partial charge in [-0.25, -0.2) is 0 Å². The molecule has 2 aromatic heterocycles. The predicted molar refractivity (Wildman–Crippen MR) is 72.2 cm³/mol. The van der Waals surface area contributed by atoms with Crippen molar-refractivity contribution in [1.29, 1.82) is 0 Å². The molecule has 0 aliphatic rings. The van der Waals surface area contributed by atoms with Crippen molar-refractivity contribution in [2.75, 3.05) is 7.05 Å². The lowest BCUT2D eigenvalue weighted by molar-refractivity contribution is 0.284. The van der Waals surface area contributed by atoms with Crippen LogP contribution in [0.4, 0.5) is 0 Å². The zero-order chi connectivity index (χ0) is 13.0. The molecule has 0 atom stereocenters. The van der Waals surface area contributed by atoms with Gasteiger partial charge in [-0.1, -0.05) is 6.92 Å². The highest BCUT2D eigenvalue weighted by Gasteiger charge is 2.05. The maximum absolute atomic E-state index is 5.71. The normalized spacial score (nSPS) is 11.1. The van der Waals surface area contributed by atoms with E-state index in [-0.39, 0.29) is 0 Å². The molecule has 0 bridgehead atoms. The van der Waals surface area contributed by atoms with E-state index in [1.165, 1.54) is 5.56 Å². The molecule has 0 unspecified atom stereocenters. The summed E-state index contributed by atoms with van der Waals surface area (Å²) in [5.74, 6) is 2.08. The third-order valence-electron chi connectivity index (χ3n) is 2.91. The number of rotatable bonds is 5. The molecule has 3 nitrogen and oxygen atoms in total. The zero-order valence-corrected chi connectivity index (χ0v) is 11.3. The minimum absolute atomic E-state index is 0.835. The average Bonchev–Trinajstić information content (AvgIpc) is 2.76. The lowest BCUT2D eigenvalue weighted by Gasteiger charge is -2.15. The molecule has 2 rings (SSSR count). The molecule has 2 aromatic rings. The van der Waals surface area contributed by atoms with Crippen LogP contribution in [0.3, 0.4) is 0 Å². The monoisotopic (exact) mass is 244 g/mol. The summed E-state index contributed by atoms with van der Waals surface area (Å²) in [6.07, 6.45) is 2.81. The molecule has 18 heavy (non-hydrogen) atoms. The van der Waals surface area contributed by atoms with E-state index in [1.807, 2.05) is 13.1 Å². The summed E-state index contributed by atoms with van der Waals surface area (Å²) in [4.78, 5) is 6.45. The van der Waals surface area contributed by atoms with Crippen LogP contribution in [0, 0.1) is 6.92 Å². The topological polar surface area (TPSA) is 29.3 Å². The largest absolute Gasteiger partial charge is 0.465 e.